The maximum Gasteiger partial charge on any atom is 0.324 e. The molecule has 1 N–H and O–H groups in total. The lowest BCUT2D eigenvalue weighted by atomic mass is 10.1. The summed E-state index contributed by atoms with van der Waals surface area (Å²) in [5.41, 5.74) is 0.326. The van der Waals surface area contributed by atoms with Crippen molar-refractivity contribution in [3.63, 3.8) is 0 Å². The molecule has 3 amide bonds. The summed E-state index contributed by atoms with van der Waals surface area (Å²) >= 11 is 7.56. The fourth-order valence-electron chi connectivity index (χ4n) is 2.21. The zero-order valence-electron chi connectivity index (χ0n) is 11.6. The Hall–Kier alpha value is -1.27. The molecule has 1 saturated heterocycles. The number of halogens is 2. The summed E-state index contributed by atoms with van der Waals surface area (Å²) in [4.78, 5) is 25.1. The molecule has 1 aromatic carbocycles. The van der Waals surface area contributed by atoms with Gasteiger partial charge >= 0.3 is 6.03 Å². The highest BCUT2D eigenvalue weighted by molar-refractivity contribution is 7.98. The third-order valence-electron chi connectivity index (χ3n) is 3.36. The van der Waals surface area contributed by atoms with Crippen molar-refractivity contribution >= 4 is 35.3 Å². The second-order valence-corrected chi connectivity index (χ2v) is 6.12. The minimum absolute atomic E-state index is 0.126. The van der Waals surface area contributed by atoms with Gasteiger partial charge in [-0.1, -0.05) is 17.7 Å². The lowest BCUT2D eigenvalue weighted by Crippen LogP contribution is -2.33. The minimum atomic E-state index is -0.471. The van der Waals surface area contributed by atoms with Crippen LogP contribution < -0.4 is 5.32 Å². The van der Waals surface area contributed by atoms with Gasteiger partial charge in [-0.15, -0.1) is 0 Å². The lowest BCUT2D eigenvalue weighted by molar-refractivity contribution is -0.127. The number of hydrogen-bond acceptors (Lipinski definition) is 3. The van der Waals surface area contributed by atoms with Gasteiger partial charge in [0.1, 0.15) is 11.9 Å². The van der Waals surface area contributed by atoms with E-state index in [2.05, 4.69) is 5.32 Å². The molecular formula is C14H16ClFN2O2S. The highest BCUT2D eigenvalue weighted by atomic mass is 35.5. The average molecular weight is 331 g/mol. The van der Waals surface area contributed by atoms with E-state index in [1.165, 1.54) is 12.1 Å². The summed E-state index contributed by atoms with van der Waals surface area (Å²) in [5.74, 6) is 0.124. The number of imide groups is 1. The number of urea groups is 1. The molecule has 0 bridgehead atoms. The molecule has 0 spiro atoms. The van der Waals surface area contributed by atoms with E-state index >= 15 is 0 Å². The third kappa shape index (κ3) is 3.68. The minimum Gasteiger partial charge on any atom is -0.326 e. The summed E-state index contributed by atoms with van der Waals surface area (Å²) in [6, 6.07) is 3.54. The summed E-state index contributed by atoms with van der Waals surface area (Å²) in [7, 11) is 0. The first-order valence-electron chi connectivity index (χ1n) is 6.58. The van der Waals surface area contributed by atoms with Crippen molar-refractivity contribution in [2.24, 2.45) is 0 Å². The van der Waals surface area contributed by atoms with Crippen LogP contribution >= 0.6 is 23.4 Å². The monoisotopic (exact) mass is 330 g/mol. The zero-order valence-corrected chi connectivity index (χ0v) is 13.1. The summed E-state index contributed by atoms with van der Waals surface area (Å²) < 4.78 is 13.7. The summed E-state index contributed by atoms with van der Waals surface area (Å²) in [5, 5.41) is 2.96. The van der Waals surface area contributed by atoms with Gasteiger partial charge in [-0.25, -0.2) is 9.18 Å². The molecule has 2 rings (SSSR count). The summed E-state index contributed by atoms with van der Waals surface area (Å²) in [6.45, 7) is 0.126. The van der Waals surface area contributed by atoms with Crippen LogP contribution in [0.25, 0.3) is 0 Å². The van der Waals surface area contributed by atoms with Gasteiger partial charge in [-0.2, -0.15) is 11.8 Å². The van der Waals surface area contributed by atoms with Gasteiger partial charge in [-0.3, -0.25) is 9.69 Å². The molecule has 114 valence electrons. The van der Waals surface area contributed by atoms with Crippen LogP contribution in [0, 0.1) is 5.82 Å². The Labute approximate surface area is 132 Å². The Morgan fingerprint density at radius 2 is 2.19 bits per heavy atom. The van der Waals surface area contributed by atoms with E-state index in [0.29, 0.717) is 17.0 Å². The van der Waals surface area contributed by atoms with Gasteiger partial charge in [0.25, 0.3) is 5.91 Å². The molecule has 4 nitrogen and oxygen atoms in total. The molecule has 1 unspecified atom stereocenters. The molecule has 0 aromatic heterocycles. The number of benzene rings is 1. The van der Waals surface area contributed by atoms with E-state index in [-0.39, 0.29) is 18.9 Å². The first kappa shape index (κ1) is 16.1. The van der Waals surface area contributed by atoms with Gasteiger partial charge in [0, 0.05) is 17.1 Å². The molecular weight excluding hydrogens is 315 g/mol. The molecule has 1 heterocycles. The van der Waals surface area contributed by atoms with Crippen LogP contribution in [0.4, 0.5) is 9.18 Å². The van der Waals surface area contributed by atoms with E-state index in [4.69, 9.17) is 11.6 Å². The number of nitrogens with one attached hydrogen (secondary N) is 1. The van der Waals surface area contributed by atoms with Crippen LogP contribution in [-0.2, 0) is 11.2 Å². The van der Waals surface area contributed by atoms with E-state index in [1.54, 1.807) is 17.8 Å². The Bertz CT molecular complexity index is 536. The quantitative estimate of drug-likeness (QED) is 0.816. The highest BCUT2D eigenvalue weighted by Gasteiger charge is 2.37. The number of carbonyl (C=O) groups excluding carboxylic acids is 2. The van der Waals surface area contributed by atoms with E-state index in [0.717, 1.165) is 10.7 Å². The van der Waals surface area contributed by atoms with Crippen LogP contribution in [0.15, 0.2) is 18.2 Å². The van der Waals surface area contributed by atoms with Crippen molar-refractivity contribution in [1.29, 1.82) is 0 Å². The number of nitrogens with zero attached hydrogens (tertiary/aromatic N) is 1. The van der Waals surface area contributed by atoms with Gasteiger partial charge in [0.05, 0.1) is 0 Å². The van der Waals surface area contributed by atoms with Crippen molar-refractivity contribution < 1.29 is 14.0 Å². The second-order valence-electron chi connectivity index (χ2n) is 4.72. The van der Waals surface area contributed by atoms with Gasteiger partial charge in [0.2, 0.25) is 0 Å². The van der Waals surface area contributed by atoms with Crippen LogP contribution in [0.3, 0.4) is 0 Å². The Morgan fingerprint density at radius 3 is 2.86 bits per heavy atom. The van der Waals surface area contributed by atoms with Crippen molar-refractivity contribution in [2.75, 3.05) is 18.6 Å². The number of amides is 3. The molecule has 21 heavy (non-hydrogen) atoms. The van der Waals surface area contributed by atoms with Crippen molar-refractivity contribution in [3.8, 4) is 0 Å². The molecule has 1 aliphatic heterocycles. The molecule has 0 saturated carbocycles. The van der Waals surface area contributed by atoms with Gasteiger partial charge in [0.15, 0.2) is 0 Å². The van der Waals surface area contributed by atoms with Crippen molar-refractivity contribution in [2.45, 2.75) is 18.9 Å². The molecule has 1 aromatic rings. The number of thioether (sulfide) groups is 1. The van der Waals surface area contributed by atoms with Gasteiger partial charge < -0.3 is 5.32 Å². The molecule has 0 aliphatic carbocycles. The average Bonchev–Trinajstić information content (AvgIpc) is 2.71. The zero-order chi connectivity index (χ0) is 15.4. The number of hydrogen-bond donors (Lipinski definition) is 1. The Balaban J connectivity index is 2.00. The fourth-order valence-corrected chi connectivity index (χ4v) is 2.94. The number of carbonyl (C=O) groups is 2. The topological polar surface area (TPSA) is 49.4 Å². The van der Waals surface area contributed by atoms with Gasteiger partial charge in [-0.05, 0) is 37.0 Å². The van der Waals surface area contributed by atoms with Crippen LogP contribution in [0.5, 0.6) is 0 Å². The predicted molar refractivity (Wildman–Crippen MR) is 82.1 cm³/mol. The predicted octanol–water partition coefficient (Wildman–Crippen LogP) is 2.70. The first-order valence-corrected chi connectivity index (χ1v) is 8.35. The normalized spacial score (nSPS) is 18.2. The van der Waals surface area contributed by atoms with Crippen LogP contribution in [-0.4, -0.2) is 41.4 Å². The maximum atomic E-state index is 13.7. The first-order chi connectivity index (χ1) is 10.0. The summed E-state index contributed by atoms with van der Waals surface area (Å²) in [6.07, 6.45) is 2.75. The van der Waals surface area contributed by atoms with E-state index < -0.39 is 17.9 Å². The third-order valence-corrected chi connectivity index (χ3v) is 4.36. The molecule has 1 atom stereocenters. The Kier molecular flexibility index (Phi) is 5.47. The van der Waals surface area contributed by atoms with Crippen LogP contribution in [0.2, 0.25) is 5.02 Å². The molecule has 1 fully saturated rings. The highest BCUT2D eigenvalue weighted by Crippen LogP contribution is 2.20. The largest absolute Gasteiger partial charge is 0.326 e. The van der Waals surface area contributed by atoms with Crippen molar-refractivity contribution in [1.82, 2.24) is 10.2 Å². The van der Waals surface area contributed by atoms with Crippen molar-refractivity contribution in [3.05, 3.63) is 34.6 Å². The van der Waals surface area contributed by atoms with E-state index in [1.807, 2.05) is 6.26 Å². The lowest BCUT2D eigenvalue weighted by Gasteiger charge is -2.14. The van der Waals surface area contributed by atoms with Crippen LogP contribution in [0.1, 0.15) is 12.0 Å². The standard InChI is InChI=1S/C14H16ClFN2O2S/c1-21-8-6-12-13(19)18(14(20)17-12)7-5-9-10(15)3-2-4-11(9)16/h2-4,12H,5-8H2,1H3,(H,17,20). The molecule has 1 aliphatic rings. The van der Waals surface area contributed by atoms with E-state index in [9.17, 15) is 14.0 Å². The second kappa shape index (κ2) is 7.13. The number of rotatable bonds is 6. The molecule has 7 heteroatoms. The fraction of sp³-hybridized carbons (Fsp3) is 0.429. The molecule has 0 radical (unpaired) electrons. The Morgan fingerprint density at radius 1 is 1.43 bits per heavy atom. The maximum absolute atomic E-state index is 13.7. The smallest absolute Gasteiger partial charge is 0.324 e. The SMILES string of the molecule is CSCCC1NC(=O)N(CCc2c(F)cccc2Cl)C1=O.